The first-order valence-electron chi connectivity index (χ1n) is 5.58. The van der Waals surface area contributed by atoms with Crippen LogP contribution < -0.4 is 11.1 Å². The van der Waals surface area contributed by atoms with Gasteiger partial charge in [-0.25, -0.2) is 0 Å². The van der Waals surface area contributed by atoms with Crippen LogP contribution in [0, 0.1) is 10.1 Å². The van der Waals surface area contributed by atoms with Crippen molar-refractivity contribution >= 4 is 17.3 Å². The van der Waals surface area contributed by atoms with Crippen molar-refractivity contribution < 1.29 is 19.6 Å². The number of hydrogen-bond donors (Lipinski definition) is 3. The second-order valence-electron chi connectivity index (χ2n) is 4.37. The zero-order valence-corrected chi connectivity index (χ0v) is 9.96. The predicted octanol–water partition coefficient (Wildman–Crippen LogP) is 0.357. The van der Waals surface area contributed by atoms with E-state index >= 15 is 0 Å². The number of hydrogen-bond acceptors (Lipinski definition) is 6. The van der Waals surface area contributed by atoms with Crippen LogP contribution in [0.25, 0.3) is 0 Å². The number of anilines is 1. The minimum atomic E-state index is -1.17. The van der Waals surface area contributed by atoms with E-state index < -0.39 is 22.1 Å². The Labute approximate surface area is 108 Å². The maximum Gasteiger partial charge on any atom is 0.296 e. The van der Waals surface area contributed by atoms with Crippen LogP contribution in [0.15, 0.2) is 18.2 Å². The van der Waals surface area contributed by atoms with E-state index in [9.17, 15) is 20.0 Å². The number of benzene rings is 1. The zero-order valence-electron chi connectivity index (χ0n) is 9.96. The summed E-state index contributed by atoms with van der Waals surface area (Å²) in [4.78, 5) is 22.1. The number of aromatic hydroxyl groups is 1. The quantitative estimate of drug-likeness (QED) is 0.412. The Kier molecular flexibility index (Phi) is 3.36. The van der Waals surface area contributed by atoms with E-state index in [1.165, 1.54) is 12.1 Å². The molecule has 0 bridgehead atoms. The van der Waals surface area contributed by atoms with Crippen molar-refractivity contribution in [2.75, 3.05) is 18.5 Å². The average molecular weight is 267 g/mol. The summed E-state index contributed by atoms with van der Waals surface area (Å²) in [5, 5.41) is 22.5. The Bertz CT molecular complexity index is 525. The largest absolute Gasteiger partial charge is 0.508 e. The van der Waals surface area contributed by atoms with Gasteiger partial charge in [0.15, 0.2) is 0 Å². The lowest BCUT2D eigenvalue weighted by Crippen LogP contribution is -2.51. The summed E-state index contributed by atoms with van der Waals surface area (Å²) in [5.74, 6) is -0.796. The third-order valence-corrected chi connectivity index (χ3v) is 2.93. The number of amides is 1. The smallest absolute Gasteiger partial charge is 0.296 e. The maximum atomic E-state index is 12.0. The highest BCUT2D eigenvalue weighted by Gasteiger charge is 2.39. The molecule has 8 heteroatoms. The molecule has 0 radical (unpaired) electrons. The molecule has 1 atom stereocenters. The lowest BCUT2D eigenvalue weighted by atomic mass is 9.99. The Morgan fingerprint density at radius 1 is 1.58 bits per heavy atom. The molecule has 1 amide bonds. The topological polar surface area (TPSA) is 128 Å². The molecule has 0 saturated carbocycles. The molecule has 8 nitrogen and oxygen atoms in total. The van der Waals surface area contributed by atoms with Crippen molar-refractivity contribution in [3.8, 4) is 5.75 Å². The minimum Gasteiger partial charge on any atom is -0.508 e. The number of ether oxygens (including phenoxy) is 1. The minimum absolute atomic E-state index is 0.00970. The van der Waals surface area contributed by atoms with Crippen molar-refractivity contribution in [3.05, 3.63) is 28.3 Å². The average Bonchev–Trinajstić information content (AvgIpc) is 2.79. The van der Waals surface area contributed by atoms with Crippen molar-refractivity contribution in [1.82, 2.24) is 0 Å². The SMILES string of the molecule is NC1(C(=O)Nc2ccc(O)cc2[N+](=O)[O-])CCOC1. The first kappa shape index (κ1) is 13.2. The monoisotopic (exact) mass is 267 g/mol. The molecule has 1 saturated heterocycles. The van der Waals surface area contributed by atoms with E-state index in [2.05, 4.69) is 5.32 Å². The molecule has 102 valence electrons. The van der Waals surface area contributed by atoms with E-state index in [0.717, 1.165) is 6.07 Å². The molecule has 1 aliphatic heterocycles. The molecular formula is C11H13N3O5. The summed E-state index contributed by atoms with van der Waals surface area (Å²) >= 11 is 0. The molecule has 1 fully saturated rings. The van der Waals surface area contributed by atoms with E-state index in [1.807, 2.05) is 0 Å². The van der Waals surface area contributed by atoms with Crippen LogP contribution in [-0.4, -0.2) is 34.7 Å². The molecule has 19 heavy (non-hydrogen) atoms. The first-order valence-corrected chi connectivity index (χ1v) is 5.58. The second kappa shape index (κ2) is 4.82. The van der Waals surface area contributed by atoms with Crippen molar-refractivity contribution in [3.63, 3.8) is 0 Å². The van der Waals surface area contributed by atoms with Crippen molar-refractivity contribution in [2.24, 2.45) is 5.73 Å². The summed E-state index contributed by atoms with van der Waals surface area (Å²) in [6, 6.07) is 3.46. The summed E-state index contributed by atoms with van der Waals surface area (Å²) in [7, 11) is 0. The Balaban J connectivity index is 2.23. The molecule has 1 aliphatic rings. The molecule has 4 N–H and O–H groups in total. The number of nitrogens with zero attached hydrogens (tertiary/aromatic N) is 1. The van der Waals surface area contributed by atoms with Gasteiger partial charge in [-0.1, -0.05) is 0 Å². The van der Waals surface area contributed by atoms with Gasteiger partial charge in [0.2, 0.25) is 5.91 Å². The summed E-state index contributed by atoms with van der Waals surface area (Å²) in [6.07, 6.45) is 0.352. The van der Waals surface area contributed by atoms with Gasteiger partial charge in [0.25, 0.3) is 5.69 Å². The van der Waals surface area contributed by atoms with Crippen LogP contribution in [0.2, 0.25) is 0 Å². The van der Waals surface area contributed by atoms with Gasteiger partial charge in [0.1, 0.15) is 17.0 Å². The molecule has 0 spiro atoms. The highest BCUT2D eigenvalue weighted by atomic mass is 16.6. The van der Waals surface area contributed by atoms with Gasteiger partial charge in [-0.15, -0.1) is 0 Å². The van der Waals surface area contributed by atoms with Crippen LogP contribution in [0.5, 0.6) is 5.75 Å². The maximum absolute atomic E-state index is 12.0. The molecule has 1 unspecified atom stereocenters. The Hall–Kier alpha value is -2.19. The van der Waals surface area contributed by atoms with Crippen LogP contribution in [0.1, 0.15) is 6.42 Å². The normalized spacial score (nSPS) is 22.2. The number of nitro benzene ring substituents is 1. The van der Waals surface area contributed by atoms with E-state index in [-0.39, 0.29) is 18.0 Å². The molecule has 0 aliphatic carbocycles. The third-order valence-electron chi connectivity index (χ3n) is 2.93. The number of carbonyl (C=O) groups is 1. The molecule has 1 aromatic rings. The van der Waals surface area contributed by atoms with Crippen LogP contribution in [0.3, 0.4) is 0 Å². The Morgan fingerprint density at radius 2 is 2.32 bits per heavy atom. The number of phenolic OH excluding ortho intramolecular Hbond substituents is 1. The second-order valence-corrected chi connectivity index (χ2v) is 4.37. The Morgan fingerprint density at radius 3 is 2.89 bits per heavy atom. The van der Waals surface area contributed by atoms with E-state index in [4.69, 9.17) is 10.5 Å². The number of nitro groups is 1. The lowest BCUT2D eigenvalue weighted by molar-refractivity contribution is -0.384. The van der Waals surface area contributed by atoms with Gasteiger partial charge in [0, 0.05) is 6.61 Å². The first-order chi connectivity index (χ1) is 8.92. The van der Waals surface area contributed by atoms with Gasteiger partial charge in [0.05, 0.1) is 17.6 Å². The summed E-state index contributed by atoms with van der Waals surface area (Å²) in [6.45, 7) is 0.451. The third kappa shape index (κ3) is 2.64. The molecule has 2 rings (SSSR count). The number of carbonyl (C=O) groups excluding carboxylic acids is 1. The highest BCUT2D eigenvalue weighted by Crippen LogP contribution is 2.29. The number of rotatable bonds is 3. The van der Waals surface area contributed by atoms with Gasteiger partial charge >= 0.3 is 0 Å². The van der Waals surface area contributed by atoms with Crippen molar-refractivity contribution in [2.45, 2.75) is 12.0 Å². The highest BCUT2D eigenvalue weighted by molar-refractivity contribution is 6.00. The van der Waals surface area contributed by atoms with Gasteiger partial charge in [-0.3, -0.25) is 14.9 Å². The summed E-state index contributed by atoms with van der Waals surface area (Å²) < 4.78 is 5.06. The lowest BCUT2D eigenvalue weighted by Gasteiger charge is -2.20. The standard InChI is InChI=1S/C11H13N3O5/c12-11(3-4-19-6-11)10(16)13-8-2-1-7(15)5-9(8)14(17)18/h1-2,5,15H,3-4,6,12H2,(H,13,16). The number of nitrogens with one attached hydrogen (secondary N) is 1. The zero-order chi connectivity index (χ0) is 14.0. The number of phenols is 1. The van der Waals surface area contributed by atoms with Crippen LogP contribution >= 0.6 is 0 Å². The molecule has 1 heterocycles. The van der Waals surface area contributed by atoms with E-state index in [1.54, 1.807) is 0 Å². The predicted molar refractivity (Wildman–Crippen MR) is 65.7 cm³/mol. The fourth-order valence-electron chi connectivity index (χ4n) is 1.78. The van der Waals surface area contributed by atoms with Crippen LogP contribution in [-0.2, 0) is 9.53 Å². The number of nitrogens with two attached hydrogens (primary N) is 1. The van der Waals surface area contributed by atoms with E-state index in [0.29, 0.717) is 13.0 Å². The molecule has 0 aromatic heterocycles. The fourth-order valence-corrected chi connectivity index (χ4v) is 1.78. The summed E-state index contributed by atoms with van der Waals surface area (Å²) in [5.41, 5.74) is 4.27. The molecular weight excluding hydrogens is 254 g/mol. The van der Waals surface area contributed by atoms with Gasteiger partial charge in [-0.2, -0.15) is 0 Å². The van der Waals surface area contributed by atoms with Gasteiger partial charge in [-0.05, 0) is 18.6 Å². The van der Waals surface area contributed by atoms with Crippen molar-refractivity contribution in [1.29, 1.82) is 0 Å². The van der Waals surface area contributed by atoms with Crippen LogP contribution in [0.4, 0.5) is 11.4 Å². The molecule has 1 aromatic carbocycles. The fraction of sp³-hybridized carbons (Fsp3) is 0.364. The van der Waals surface area contributed by atoms with Gasteiger partial charge < -0.3 is 20.9 Å².